The molecule has 1 fully saturated rings. The second-order valence-corrected chi connectivity index (χ2v) is 8.15. The molecule has 0 radical (unpaired) electrons. The van der Waals surface area contributed by atoms with Crippen molar-refractivity contribution in [3.05, 3.63) is 18.2 Å². The van der Waals surface area contributed by atoms with Crippen LogP contribution in [0.15, 0.2) is 18.2 Å². The zero-order valence-electron chi connectivity index (χ0n) is 17.2. The summed E-state index contributed by atoms with van der Waals surface area (Å²) < 4.78 is 6.74. The lowest BCUT2D eigenvalue weighted by molar-refractivity contribution is -0.125. The standard InChI is InChI=1S/C21H32N4O2S/c1-4-24(5-2)14-11-22-20(26)16-9-12-25(13-10-16)21-23-18-8-7-17(27-6-3)15-19(18)28-21/h7-8,15-16H,4-6,9-14H2,1-3H3,(H,22,26). The van der Waals surface area contributed by atoms with Gasteiger partial charge in [0, 0.05) is 32.1 Å². The molecule has 1 aromatic carbocycles. The summed E-state index contributed by atoms with van der Waals surface area (Å²) in [5, 5.41) is 4.17. The van der Waals surface area contributed by atoms with Gasteiger partial charge in [-0.3, -0.25) is 4.79 Å². The molecule has 0 unspecified atom stereocenters. The summed E-state index contributed by atoms with van der Waals surface area (Å²) in [7, 11) is 0. The van der Waals surface area contributed by atoms with Gasteiger partial charge in [-0.15, -0.1) is 0 Å². The highest BCUT2D eigenvalue weighted by molar-refractivity contribution is 7.22. The molecule has 0 saturated carbocycles. The first-order valence-electron chi connectivity index (χ1n) is 10.4. The van der Waals surface area contributed by atoms with E-state index in [1.165, 1.54) is 0 Å². The van der Waals surface area contributed by atoms with Gasteiger partial charge in [0.25, 0.3) is 0 Å². The van der Waals surface area contributed by atoms with Crippen molar-refractivity contribution in [1.82, 2.24) is 15.2 Å². The van der Waals surface area contributed by atoms with Gasteiger partial charge in [0.1, 0.15) is 5.75 Å². The molecule has 2 aromatic rings. The van der Waals surface area contributed by atoms with Crippen molar-refractivity contribution in [2.75, 3.05) is 50.8 Å². The average Bonchev–Trinajstić information content (AvgIpc) is 3.15. The SMILES string of the molecule is CCOc1ccc2nc(N3CCC(C(=O)NCCN(CC)CC)CC3)sc2c1. The Morgan fingerprint density at radius 2 is 2.04 bits per heavy atom. The third-order valence-corrected chi connectivity index (χ3v) is 6.50. The van der Waals surface area contributed by atoms with E-state index in [1.807, 2.05) is 19.1 Å². The molecule has 1 N–H and O–H groups in total. The summed E-state index contributed by atoms with van der Waals surface area (Å²) >= 11 is 1.70. The predicted molar refractivity (Wildman–Crippen MR) is 117 cm³/mol. The minimum Gasteiger partial charge on any atom is -0.494 e. The molecular weight excluding hydrogens is 372 g/mol. The molecule has 1 aliphatic rings. The Morgan fingerprint density at radius 1 is 1.29 bits per heavy atom. The van der Waals surface area contributed by atoms with Gasteiger partial charge in [-0.25, -0.2) is 4.98 Å². The van der Waals surface area contributed by atoms with Crippen LogP contribution in [0, 0.1) is 5.92 Å². The number of hydrogen-bond donors (Lipinski definition) is 1. The van der Waals surface area contributed by atoms with Crippen LogP contribution in [-0.4, -0.2) is 61.7 Å². The van der Waals surface area contributed by atoms with Gasteiger partial charge in [-0.1, -0.05) is 25.2 Å². The van der Waals surface area contributed by atoms with E-state index in [9.17, 15) is 4.79 Å². The van der Waals surface area contributed by atoms with Crippen molar-refractivity contribution in [2.45, 2.75) is 33.6 Å². The van der Waals surface area contributed by atoms with Gasteiger partial charge in [0.05, 0.1) is 16.8 Å². The molecule has 0 atom stereocenters. The Balaban J connectivity index is 1.50. The summed E-state index contributed by atoms with van der Waals surface area (Å²) in [5.74, 6) is 1.22. The fraction of sp³-hybridized carbons (Fsp3) is 0.619. The molecule has 1 saturated heterocycles. The molecule has 2 heterocycles. The molecule has 1 amide bonds. The molecule has 7 heteroatoms. The fourth-order valence-electron chi connectivity index (χ4n) is 3.64. The summed E-state index contributed by atoms with van der Waals surface area (Å²) in [6.45, 7) is 12.4. The smallest absolute Gasteiger partial charge is 0.223 e. The fourth-order valence-corrected chi connectivity index (χ4v) is 4.68. The number of nitrogens with one attached hydrogen (secondary N) is 1. The number of hydrogen-bond acceptors (Lipinski definition) is 6. The van der Waals surface area contributed by atoms with Gasteiger partial charge in [0.2, 0.25) is 5.91 Å². The Morgan fingerprint density at radius 3 is 2.71 bits per heavy atom. The molecule has 28 heavy (non-hydrogen) atoms. The third kappa shape index (κ3) is 5.14. The molecule has 3 rings (SSSR count). The van der Waals surface area contributed by atoms with Gasteiger partial charge < -0.3 is 19.9 Å². The lowest BCUT2D eigenvalue weighted by atomic mass is 9.96. The van der Waals surface area contributed by atoms with E-state index in [4.69, 9.17) is 9.72 Å². The number of aromatic nitrogens is 1. The number of thiazole rings is 1. The molecule has 154 valence electrons. The number of likely N-dealkylation sites (N-methyl/N-ethyl adjacent to an activating group) is 1. The van der Waals surface area contributed by atoms with Crippen LogP contribution in [0.2, 0.25) is 0 Å². The normalized spacial score (nSPS) is 15.4. The second kappa shape index (κ2) is 10.1. The maximum absolute atomic E-state index is 12.5. The first-order valence-corrected chi connectivity index (χ1v) is 11.2. The maximum Gasteiger partial charge on any atom is 0.223 e. The van der Waals surface area contributed by atoms with Gasteiger partial charge >= 0.3 is 0 Å². The third-order valence-electron chi connectivity index (χ3n) is 5.42. The van der Waals surface area contributed by atoms with Crippen LogP contribution >= 0.6 is 11.3 Å². The number of fused-ring (bicyclic) bond motifs is 1. The Bertz CT molecular complexity index is 767. The minimum absolute atomic E-state index is 0.117. The van der Waals surface area contributed by atoms with Crippen LogP contribution in [0.25, 0.3) is 10.2 Å². The number of benzene rings is 1. The molecule has 1 aliphatic heterocycles. The van der Waals surface area contributed by atoms with Crippen LogP contribution in [0.4, 0.5) is 5.13 Å². The highest BCUT2D eigenvalue weighted by Crippen LogP contribution is 2.33. The number of anilines is 1. The number of carbonyl (C=O) groups excluding carboxylic acids is 1. The van der Waals surface area contributed by atoms with Crippen molar-refractivity contribution >= 4 is 32.6 Å². The number of rotatable bonds is 9. The zero-order chi connectivity index (χ0) is 19.9. The molecule has 1 aromatic heterocycles. The van der Waals surface area contributed by atoms with Crippen molar-refractivity contribution in [2.24, 2.45) is 5.92 Å². The predicted octanol–water partition coefficient (Wildman–Crippen LogP) is 3.37. The average molecular weight is 405 g/mol. The Labute approximate surface area is 171 Å². The summed E-state index contributed by atoms with van der Waals surface area (Å²) in [4.78, 5) is 21.9. The van der Waals surface area contributed by atoms with Crippen LogP contribution in [0.3, 0.4) is 0 Å². The number of carbonyl (C=O) groups is 1. The first kappa shape index (κ1) is 20.9. The van der Waals surface area contributed by atoms with Crippen molar-refractivity contribution in [1.29, 1.82) is 0 Å². The topological polar surface area (TPSA) is 57.7 Å². The minimum atomic E-state index is 0.117. The van der Waals surface area contributed by atoms with Crippen molar-refractivity contribution in [3.63, 3.8) is 0 Å². The van der Waals surface area contributed by atoms with Gasteiger partial charge in [0.15, 0.2) is 5.13 Å². The van der Waals surface area contributed by atoms with Crippen LogP contribution in [0.1, 0.15) is 33.6 Å². The zero-order valence-corrected chi connectivity index (χ0v) is 18.1. The van der Waals surface area contributed by atoms with E-state index in [-0.39, 0.29) is 11.8 Å². The van der Waals surface area contributed by atoms with Crippen LogP contribution in [-0.2, 0) is 4.79 Å². The Hall–Kier alpha value is -1.86. The highest BCUT2D eigenvalue weighted by Gasteiger charge is 2.26. The lowest BCUT2D eigenvalue weighted by Crippen LogP contribution is -2.42. The molecule has 0 spiro atoms. The van der Waals surface area contributed by atoms with Gasteiger partial charge in [-0.05, 0) is 51.1 Å². The molecular formula is C21H32N4O2S. The van der Waals surface area contributed by atoms with Crippen LogP contribution < -0.4 is 15.0 Å². The Kier molecular flexibility index (Phi) is 7.50. The van der Waals surface area contributed by atoms with E-state index in [1.54, 1.807) is 11.3 Å². The first-order chi connectivity index (χ1) is 13.6. The van der Waals surface area contributed by atoms with E-state index in [0.717, 1.165) is 73.2 Å². The second-order valence-electron chi connectivity index (χ2n) is 7.14. The molecule has 6 nitrogen and oxygen atoms in total. The molecule has 0 aliphatic carbocycles. The van der Waals surface area contributed by atoms with Crippen LogP contribution in [0.5, 0.6) is 5.75 Å². The van der Waals surface area contributed by atoms with Crippen molar-refractivity contribution < 1.29 is 9.53 Å². The van der Waals surface area contributed by atoms with Gasteiger partial charge in [-0.2, -0.15) is 0 Å². The van der Waals surface area contributed by atoms with E-state index in [0.29, 0.717) is 6.61 Å². The maximum atomic E-state index is 12.5. The van der Waals surface area contributed by atoms with E-state index < -0.39 is 0 Å². The largest absolute Gasteiger partial charge is 0.494 e. The van der Waals surface area contributed by atoms with Crippen molar-refractivity contribution in [3.8, 4) is 5.75 Å². The summed E-state index contributed by atoms with van der Waals surface area (Å²) in [6.07, 6.45) is 1.77. The number of amides is 1. The number of nitrogens with zero attached hydrogens (tertiary/aromatic N) is 3. The van der Waals surface area contributed by atoms with E-state index in [2.05, 4.69) is 35.0 Å². The number of piperidine rings is 1. The molecule has 0 bridgehead atoms. The monoisotopic (exact) mass is 404 g/mol. The quantitative estimate of drug-likeness (QED) is 0.694. The van der Waals surface area contributed by atoms with E-state index >= 15 is 0 Å². The summed E-state index contributed by atoms with van der Waals surface area (Å²) in [6, 6.07) is 6.07. The highest BCUT2D eigenvalue weighted by atomic mass is 32.1. The lowest BCUT2D eigenvalue weighted by Gasteiger charge is -2.31. The number of ether oxygens (including phenoxy) is 1. The summed E-state index contributed by atoms with van der Waals surface area (Å²) in [5.41, 5.74) is 1.01.